The summed E-state index contributed by atoms with van der Waals surface area (Å²) in [6, 6.07) is 7.09. The van der Waals surface area contributed by atoms with E-state index >= 15 is 0 Å². The van der Waals surface area contributed by atoms with Gasteiger partial charge in [0.1, 0.15) is 5.82 Å². The topological polar surface area (TPSA) is 71.0 Å². The van der Waals surface area contributed by atoms with E-state index in [1.165, 1.54) is 0 Å². The van der Waals surface area contributed by atoms with Crippen LogP contribution in [0.1, 0.15) is 30.9 Å². The van der Waals surface area contributed by atoms with Crippen molar-refractivity contribution in [2.24, 2.45) is 5.92 Å². The van der Waals surface area contributed by atoms with Crippen molar-refractivity contribution in [2.45, 2.75) is 33.4 Å². The SMILES string of the molecule is CC(C)Cc1ncc2c(n1)CN(C(=O)Nc1ccc(Cl)c3ncccc13)C2. The van der Waals surface area contributed by atoms with Crippen LogP contribution in [0.5, 0.6) is 0 Å². The molecule has 0 bridgehead atoms. The van der Waals surface area contributed by atoms with Crippen LogP contribution in [0.15, 0.2) is 36.7 Å². The van der Waals surface area contributed by atoms with Gasteiger partial charge in [-0.05, 0) is 30.2 Å². The average Bonchev–Trinajstić information content (AvgIpc) is 3.07. The minimum Gasteiger partial charge on any atom is -0.314 e. The van der Waals surface area contributed by atoms with Crippen LogP contribution in [0.2, 0.25) is 5.02 Å². The molecule has 6 nitrogen and oxygen atoms in total. The van der Waals surface area contributed by atoms with Crippen molar-refractivity contribution in [3.8, 4) is 0 Å². The number of halogens is 1. The number of urea groups is 1. The minimum atomic E-state index is -0.175. The molecule has 0 unspecified atom stereocenters. The number of nitrogens with zero attached hydrogens (tertiary/aromatic N) is 4. The van der Waals surface area contributed by atoms with Gasteiger partial charge in [0.05, 0.1) is 35.0 Å². The van der Waals surface area contributed by atoms with Crippen LogP contribution in [0.25, 0.3) is 10.9 Å². The molecule has 2 aromatic heterocycles. The number of aromatic nitrogens is 3. The Morgan fingerprint density at radius 3 is 2.93 bits per heavy atom. The van der Waals surface area contributed by atoms with E-state index < -0.39 is 0 Å². The van der Waals surface area contributed by atoms with Gasteiger partial charge in [0.15, 0.2) is 0 Å². The Morgan fingerprint density at radius 1 is 1.26 bits per heavy atom. The molecule has 0 saturated carbocycles. The summed E-state index contributed by atoms with van der Waals surface area (Å²) in [6.07, 6.45) is 4.36. The van der Waals surface area contributed by atoms with Gasteiger partial charge >= 0.3 is 6.03 Å². The molecule has 7 heteroatoms. The van der Waals surface area contributed by atoms with Crippen LogP contribution in [-0.4, -0.2) is 25.9 Å². The molecule has 3 heterocycles. The number of pyridine rings is 1. The summed E-state index contributed by atoms with van der Waals surface area (Å²) in [4.78, 5) is 27.9. The summed E-state index contributed by atoms with van der Waals surface area (Å²) in [5, 5.41) is 4.35. The van der Waals surface area contributed by atoms with E-state index in [4.69, 9.17) is 11.6 Å². The number of carbonyl (C=O) groups is 1. The Balaban J connectivity index is 1.52. The van der Waals surface area contributed by atoms with Crippen LogP contribution in [-0.2, 0) is 19.5 Å². The lowest BCUT2D eigenvalue weighted by atomic mass is 10.1. The largest absolute Gasteiger partial charge is 0.322 e. The molecule has 0 spiro atoms. The predicted molar refractivity (Wildman–Crippen MR) is 106 cm³/mol. The highest BCUT2D eigenvalue weighted by molar-refractivity contribution is 6.35. The second-order valence-corrected chi connectivity index (χ2v) is 7.54. The molecule has 1 aliphatic heterocycles. The fourth-order valence-corrected chi connectivity index (χ4v) is 3.46. The fraction of sp³-hybridized carbons (Fsp3) is 0.300. The third kappa shape index (κ3) is 3.57. The Labute approximate surface area is 162 Å². The van der Waals surface area contributed by atoms with Gasteiger partial charge in [-0.15, -0.1) is 0 Å². The van der Waals surface area contributed by atoms with E-state index in [1.54, 1.807) is 23.2 Å². The zero-order chi connectivity index (χ0) is 19.0. The molecule has 0 aliphatic carbocycles. The molecular formula is C20H20ClN5O. The maximum absolute atomic E-state index is 12.8. The number of amides is 2. The van der Waals surface area contributed by atoms with Crippen molar-refractivity contribution >= 4 is 34.2 Å². The summed E-state index contributed by atoms with van der Waals surface area (Å²) < 4.78 is 0. The van der Waals surface area contributed by atoms with Crippen molar-refractivity contribution in [1.82, 2.24) is 19.9 Å². The number of anilines is 1. The van der Waals surface area contributed by atoms with Gasteiger partial charge in [0, 0.05) is 29.8 Å². The number of rotatable bonds is 3. The zero-order valence-electron chi connectivity index (χ0n) is 15.2. The standard InChI is InChI=1S/C20H20ClN5O/c1-12(2)8-18-23-9-13-10-26(11-17(13)24-18)20(27)25-16-6-5-15(21)19-14(16)4-3-7-22-19/h3-7,9,12H,8,10-11H2,1-2H3,(H,25,27). The maximum Gasteiger partial charge on any atom is 0.322 e. The molecule has 0 saturated heterocycles. The number of nitrogens with one attached hydrogen (secondary N) is 1. The summed E-state index contributed by atoms with van der Waals surface area (Å²) >= 11 is 6.20. The highest BCUT2D eigenvalue weighted by atomic mass is 35.5. The zero-order valence-corrected chi connectivity index (χ0v) is 16.0. The van der Waals surface area contributed by atoms with Crippen LogP contribution in [0.3, 0.4) is 0 Å². The lowest BCUT2D eigenvalue weighted by molar-refractivity contribution is 0.212. The van der Waals surface area contributed by atoms with Crippen molar-refractivity contribution in [2.75, 3.05) is 5.32 Å². The number of hydrogen-bond acceptors (Lipinski definition) is 4. The molecule has 0 atom stereocenters. The monoisotopic (exact) mass is 381 g/mol. The van der Waals surface area contributed by atoms with Crippen molar-refractivity contribution in [3.63, 3.8) is 0 Å². The van der Waals surface area contributed by atoms with Gasteiger partial charge in [0.2, 0.25) is 0 Å². The van der Waals surface area contributed by atoms with Crippen LogP contribution in [0, 0.1) is 5.92 Å². The first-order valence-corrected chi connectivity index (χ1v) is 9.32. The van der Waals surface area contributed by atoms with E-state index in [0.717, 1.165) is 28.9 Å². The summed E-state index contributed by atoms with van der Waals surface area (Å²) in [5.74, 6) is 1.33. The second-order valence-electron chi connectivity index (χ2n) is 7.14. The maximum atomic E-state index is 12.8. The fourth-order valence-electron chi connectivity index (χ4n) is 3.24. The van der Waals surface area contributed by atoms with E-state index in [2.05, 4.69) is 34.1 Å². The lowest BCUT2D eigenvalue weighted by Crippen LogP contribution is -2.30. The normalized spacial score (nSPS) is 13.3. The molecule has 0 fully saturated rings. The van der Waals surface area contributed by atoms with Gasteiger partial charge in [-0.1, -0.05) is 25.4 Å². The summed E-state index contributed by atoms with van der Waals surface area (Å²) in [7, 11) is 0. The molecule has 3 aromatic rings. The van der Waals surface area contributed by atoms with E-state index in [9.17, 15) is 4.79 Å². The third-order valence-electron chi connectivity index (χ3n) is 4.55. The Hall–Kier alpha value is -2.73. The Kier molecular flexibility index (Phi) is 4.66. The second kappa shape index (κ2) is 7.12. The van der Waals surface area contributed by atoms with E-state index in [1.807, 2.05) is 18.3 Å². The average molecular weight is 382 g/mol. The van der Waals surface area contributed by atoms with Gasteiger partial charge in [-0.2, -0.15) is 0 Å². The molecule has 138 valence electrons. The number of hydrogen-bond donors (Lipinski definition) is 1. The van der Waals surface area contributed by atoms with Crippen molar-refractivity contribution in [1.29, 1.82) is 0 Å². The van der Waals surface area contributed by atoms with Gasteiger partial charge in [-0.3, -0.25) is 4.98 Å². The number of fused-ring (bicyclic) bond motifs is 2. The summed E-state index contributed by atoms with van der Waals surface area (Å²) in [6.45, 7) is 5.27. The smallest absolute Gasteiger partial charge is 0.314 e. The third-order valence-corrected chi connectivity index (χ3v) is 4.85. The number of carbonyl (C=O) groups excluding carboxylic acids is 1. The van der Waals surface area contributed by atoms with E-state index in [0.29, 0.717) is 35.2 Å². The van der Waals surface area contributed by atoms with Crippen molar-refractivity contribution < 1.29 is 4.79 Å². The Bertz CT molecular complexity index is 1020. The van der Waals surface area contributed by atoms with E-state index in [-0.39, 0.29) is 6.03 Å². The van der Waals surface area contributed by atoms with Crippen LogP contribution in [0.4, 0.5) is 10.5 Å². The van der Waals surface area contributed by atoms with Gasteiger partial charge < -0.3 is 10.2 Å². The Morgan fingerprint density at radius 2 is 2.11 bits per heavy atom. The highest BCUT2D eigenvalue weighted by Gasteiger charge is 2.26. The van der Waals surface area contributed by atoms with Crippen LogP contribution < -0.4 is 5.32 Å². The molecular weight excluding hydrogens is 362 g/mol. The van der Waals surface area contributed by atoms with Crippen LogP contribution >= 0.6 is 11.6 Å². The molecule has 2 amide bonds. The van der Waals surface area contributed by atoms with Gasteiger partial charge in [-0.25, -0.2) is 14.8 Å². The molecule has 27 heavy (non-hydrogen) atoms. The first kappa shape index (κ1) is 17.7. The minimum absolute atomic E-state index is 0.175. The summed E-state index contributed by atoms with van der Waals surface area (Å²) in [5.41, 5.74) is 3.29. The molecule has 1 N–H and O–H groups in total. The highest BCUT2D eigenvalue weighted by Crippen LogP contribution is 2.29. The van der Waals surface area contributed by atoms with Crippen molar-refractivity contribution in [3.05, 3.63) is 58.8 Å². The first-order chi connectivity index (χ1) is 13.0. The lowest BCUT2D eigenvalue weighted by Gasteiger charge is -2.17. The molecule has 0 radical (unpaired) electrons. The number of benzene rings is 1. The predicted octanol–water partition coefficient (Wildman–Crippen LogP) is 4.42. The quantitative estimate of drug-likeness (QED) is 0.728. The molecule has 4 rings (SSSR count). The molecule has 1 aromatic carbocycles. The van der Waals surface area contributed by atoms with Gasteiger partial charge in [0.25, 0.3) is 0 Å². The molecule has 1 aliphatic rings. The first-order valence-electron chi connectivity index (χ1n) is 8.94.